The molecule has 0 aromatic heterocycles. The predicted octanol–water partition coefficient (Wildman–Crippen LogP) is -0.790. The lowest BCUT2D eigenvalue weighted by molar-refractivity contribution is -0.142. The normalized spacial score (nSPS) is 19.6. The second kappa shape index (κ2) is 5.27. The molecule has 0 aromatic rings. The van der Waals surface area contributed by atoms with Crippen LogP contribution in [-0.4, -0.2) is 40.3 Å². The van der Waals surface area contributed by atoms with E-state index in [9.17, 15) is 9.59 Å². The van der Waals surface area contributed by atoms with Gasteiger partial charge >= 0.3 is 5.97 Å². The van der Waals surface area contributed by atoms with Crippen LogP contribution < -0.4 is 11.1 Å². The minimum Gasteiger partial charge on any atom is -0.480 e. The van der Waals surface area contributed by atoms with Crippen LogP contribution in [-0.2, 0) is 9.59 Å². The molecule has 5 N–H and O–H groups in total. The lowest BCUT2D eigenvalue weighted by atomic mass is 9.75. The Bertz CT molecular complexity index is 276. The summed E-state index contributed by atoms with van der Waals surface area (Å²) in [6.45, 7) is -0.273. The van der Waals surface area contributed by atoms with Crippen molar-refractivity contribution in [3.63, 3.8) is 0 Å². The number of amides is 1. The van der Waals surface area contributed by atoms with Gasteiger partial charge in [-0.1, -0.05) is 0 Å². The number of aliphatic hydroxyl groups excluding tert-OH is 1. The highest BCUT2D eigenvalue weighted by Crippen LogP contribution is 2.31. The van der Waals surface area contributed by atoms with Gasteiger partial charge in [0.25, 0.3) is 0 Å². The van der Waals surface area contributed by atoms with Crippen molar-refractivity contribution >= 4 is 11.9 Å². The Balaban J connectivity index is 2.39. The Morgan fingerprint density at radius 3 is 2.44 bits per heavy atom. The monoisotopic (exact) mass is 230 g/mol. The average Bonchev–Trinajstić information content (AvgIpc) is 2.14. The number of nitrogens with one attached hydrogen (secondary N) is 1. The fourth-order valence-electron chi connectivity index (χ4n) is 1.76. The van der Waals surface area contributed by atoms with Crippen LogP contribution in [0.1, 0.15) is 32.1 Å². The van der Waals surface area contributed by atoms with Gasteiger partial charge < -0.3 is 21.3 Å². The number of carboxylic acids is 1. The molecule has 92 valence electrons. The number of hydrogen-bond donors (Lipinski definition) is 4. The van der Waals surface area contributed by atoms with Crippen molar-refractivity contribution in [2.75, 3.05) is 6.61 Å². The van der Waals surface area contributed by atoms with E-state index in [1.165, 1.54) is 0 Å². The molecule has 1 amide bonds. The molecule has 0 bridgehead atoms. The summed E-state index contributed by atoms with van der Waals surface area (Å²) < 4.78 is 0. The standard InChI is InChI=1S/C10H18N2O4/c11-10(3-1-4-10)6-8(14)12-7(2-5-13)9(15)16/h7,13H,1-6,11H2,(H,12,14)(H,15,16)/t7-/m0/s1. The Hall–Kier alpha value is -1.14. The number of aliphatic hydroxyl groups is 1. The molecule has 0 unspecified atom stereocenters. The van der Waals surface area contributed by atoms with Crippen molar-refractivity contribution in [3.05, 3.63) is 0 Å². The SMILES string of the molecule is NC1(CC(=O)N[C@@H](CCO)C(=O)O)CCC1. The molecule has 1 rings (SSSR count). The smallest absolute Gasteiger partial charge is 0.326 e. The first-order valence-electron chi connectivity index (χ1n) is 5.39. The lowest BCUT2D eigenvalue weighted by Gasteiger charge is -2.37. The molecule has 1 saturated carbocycles. The van der Waals surface area contributed by atoms with E-state index in [0.29, 0.717) is 0 Å². The van der Waals surface area contributed by atoms with E-state index in [4.69, 9.17) is 15.9 Å². The van der Waals surface area contributed by atoms with Gasteiger partial charge in [0.05, 0.1) is 0 Å². The summed E-state index contributed by atoms with van der Waals surface area (Å²) in [5.41, 5.74) is 5.42. The molecule has 6 nitrogen and oxygen atoms in total. The molecule has 0 aliphatic heterocycles. The van der Waals surface area contributed by atoms with Crippen LogP contribution in [0.3, 0.4) is 0 Å². The zero-order valence-corrected chi connectivity index (χ0v) is 9.11. The van der Waals surface area contributed by atoms with Gasteiger partial charge in [-0.15, -0.1) is 0 Å². The van der Waals surface area contributed by atoms with Crippen LogP contribution in [0.2, 0.25) is 0 Å². The van der Waals surface area contributed by atoms with E-state index in [1.54, 1.807) is 0 Å². The van der Waals surface area contributed by atoms with Crippen LogP contribution in [0, 0.1) is 0 Å². The van der Waals surface area contributed by atoms with Gasteiger partial charge in [-0.3, -0.25) is 4.79 Å². The quantitative estimate of drug-likeness (QED) is 0.477. The second-order valence-corrected chi connectivity index (χ2v) is 4.36. The Labute approximate surface area is 93.8 Å². The highest BCUT2D eigenvalue weighted by atomic mass is 16.4. The number of carbonyl (C=O) groups excluding carboxylic acids is 1. The van der Waals surface area contributed by atoms with Crippen molar-refractivity contribution in [1.29, 1.82) is 0 Å². The first kappa shape index (κ1) is 12.9. The van der Waals surface area contributed by atoms with Gasteiger partial charge in [-0.05, 0) is 19.3 Å². The van der Waals surface area contributed by atoms with Crippen LogP contribution in [0.15, 0.2) is 0 Å². The fraction of sp³-hybridized carbons (Fsp3) is 0.800. The molecular formula is C10H18N2O4. The van der Waals surface area contributed by atoms with Gasteiger partial charge in [-0.25, -0.2) is 4.79 Å². The van der Waals surface area contributed by atoms with E-state index in [-0.39, 0.29) is 25.4 Å². The predicted molar refractivity (Wildman–Crippen MR) is 56.7 cm³/mol. The second-order valence-electron chi connectivity index (χ2n) is 4.36. The molecule has 0 heterocycles. The summed E-state index contributed by atoms with van der Waals surface area (Å²) in [6, 6.07) is -1.03. The van der Waals surface area contributed by atoms with E-state index in [2.05, 4.69) is 5.32 Å². The summed E-state index contributed by atoms with van der Waals surface area (Å²) in [7, 11) is 0. The third-order valence-electron chi connectivity index (χ3n) is 2.91. The Kier molecular flexibility index (Phi) is 4.26. The molecule has 6 heteroatoms. The van der Waals surface area contributed by atoms with Gasteiger partial charge in [-0.2, -0.15) is 0 Å². The van der Waals surface area contributed by atoms with Crippen LogP contribution in [0.25, 0.3) is 0 Å². The summed E-state index contributed by atoms with van der Waals surface area (Å²) >= 11 is 0. The molecule has 0 spiro atoms. The van der Waals surface area contributed by atoms with Gasteiger partial charge in [0, 0.05) is 25.0 Å². The number of aliphatic carboxylic acids is 1. The molecule has 1 aliphatic carbocycles. The minimum atomic E-state index is -1.14. The topological polar surface area (TPSA) is 113 Å². The molecule has 1 aliphatic rings. The van der Waals surface area contributed by atoms with Gasteiger partial charge in [0.15, 0.2) is 0 Å². The van der Waals surface area contributed by atoms with Crippen molar-refractivity contribution in [3.8, 4) is 0 Å². The third kappa shape index (κ3) is 3.46. The maximum Gasteiger partial charge on any atom is 0.326 e. The van der Waals surface area contributed by atoms with E-state index < -0.39 is 17.6 Å². The summed E-state index contributed by atoms with van der Waals surface area (Å²) in [4.78, 5) is 22.2. The maximum atomic E-state index is 11.5. The summed E-state index contributed by atoms with van der Waals surface area (Å²) in [6.07, 6.45) is 2.79. The van der Waals surface area contributed by atoms with Crippen molar-refractivity contribution in [1.82, 2.24) is 5.32 Å². The first-order chi connectivity index (χ1) is 7.47. The van der Waals surface area contributed by atoms with Crippen molar-refractivity contribution in [2.24, 2.45) is 5.73 Å². The number of nitrogens with two attached hydrogens (primary N) is 1. The molecule has 0 radical (unpaired) electrons. The van der Waals surface area contributed by atoms with Crippen molar-refractivity contribution in [2.45, 2.75) is 43.7 Å². The Morgan fingerprint density at radius 1 is 1.44 bits per heavy atom. The van der Waals surface area contributed by atoms with Crippen LogP contribution >= 0.6 is 0 Å². The van der Waals surface area contributed by atoms with Gasteiger partial charge in [0.1, 0.15) is 6.04 Å². The number of carboxylic acid groups (broad SMARTS) is 1. The molecule has 0 aromatic carbocycles. The highest BCUT2D eigenvalue weighted by Gasteiger charge is 2.35. The van der Waals surface area contributed by atoms with Crippen molar-refractivity contribution < 1.29 is 19.8 Å². The minimum absolute atomic E-state index is 0.0125. The number of hydrogen-bond acceptors (Lipinski definition) is 4. The largest absolute Gasteiger partial charge is 0.480 e. The third-order valence-corrected chi connectivity index (χ3v) is 2.91. The summed E-state index contributed by atoms with van der Waals surface area (Å²) in [5, 5.41) is 19.8. The number of rotatable bonds is 6. The first-order valence-corrected chi connectivity index (χ1v) is 5.39. The lowest BCUT2D eigenvalue weighted by Crippen LogP contribution is -2.52. The van der Waals surface area contributed by atoms with Gasteiger partial charge in [0.2, 0.25) is 5.91 Å². The van der Waals surface area contributed by atoms with E-state index in [1.807, 2.05) is 0 Å². The van der Waals surface area contributed by atoms with E-state index >= 15 is 0 Å². The highest BCUT2D eigenvalue weighted by molar-refractivity contribution is 5.84. The molecule has 1 atom stereocenters. The zero-order chi connectivity index (χ0) is 12.2. The van der Waals surface area contributed by atoms with Crippen LogP contribution in [0.5, 0.6) is 0 Å². The maximum absolute atomic E-state index is 11.5. The fourth-order valence-corrected chi connectivity index (χ4v) is 1.76. The number of carbonyl (C=O) groups is 2. The average molecular weight is 230 g/mol. The zero-order valence-electron chi connectivity index (χ0n) is 9.11. The Morgan fingerprint density at radius 2 is 2.06 bits per heavy atom. The summed E-state index contributed by atoms with van der Waals surface area (Å²) in [5.74, 6) is -1.50. The van der Waals surface area contributed by atoms with Crippen LogP contribution in [0.4, 0.5) is 0 Å². The molecule has 16 heavy (non-hydrogen) atoms. The molecule has 1 fully saturated rings. The molecular weight excluding hydrogens is 212 g/mol. The van der Waals surface area contributed by atoms with E-state index in [0.717, 1.165) is 19.3 Å². The molecule has 0 saturated heterocycles.